The Labute approximate surface area is 99.3 Å². The van der Waals surface area contributed by atoms with E-state index in [0.29, 0.717) is 12.4 Å². The summed E-state index contributed by atoms with van der Waals surface area (Å²) in [7, 11) is 0. The third kappa shape index (κ3) is 3.08. The molecule has 2 rings (SSSR count). The molecule has 3 nitrogen and oxygen atoms in total. The molecule has 0 amide bonds. The van der Waals surface area contributed by atoms with Gasteiger partial charge in [0.05, 0.1) is 5.56 Å². The maximum atomic E-state index is 10.5. The Balaban J connectivity index is 1.98. The molecule has 1 radical (unpaired) electrons. The highest BCUT2D eigenvalue weighted by molar-refractivity contribution is 5.87. The highest BCUT2D eigenvalue weighted by atomic mass is 16.5. The first-order valence-corrected chi connectivity index (χ1v) is 5.24. The van der Waals surface area contributed by atoms with Gasteiger partial charge in [-0.3, -0.25) is 0 Å². The average molecular weight is 227 g/mol. The molecular weight excluding hydrogens is 216 g/mol. The van der Waals surface area contributed by atoms with Crippen molar-refractivity contribution in [2.75, 3.05) is 0 Å². The zero-order valence-corrected chi connectivity index (χ0v) is 9.13. The predicted molar refractivity (Wildman–Crippen MR) is 62.2 cm³/mol. The summed E-state index contributed by atoms with van der Waals surface area (Å²) in [6.45, 7) is 0.464. The van der Waals surface area contributed by atoms with E-state index in [0.717, 1.165) is 5.56 Å². The van der Waals surface area contributed by atoms with Crippen molar-refractivity contribution in [2.24, 2.45) is 0 Å². The van der Waals surface area contributed by atoms with Crippen molar-refractivity contribution in [1.82, 2.24) is 0 Å². The van der Waals surface area contributed by atoms with E-state index in [1.807, 2.05) is 30.3 Å². The molecule has 0 bridgehead atoms. The quantitative estimate of drug-likeness (QED) is 0.806. The molecule has 0 aliphatic carbocycles. The molecule has 2 aromatic rings. The number of hydrogen-bond acceptors (Lipinski definition) is 2. The van der Waals surface area contributed by atoms with Gasteiger partial charge in [0.25, 0.3) is 0 Å². The topological polar surface area (TPSA) is 46.2 Å². The van der Waals surface area contributed by atoms with Crippen LogP contribution in [0.2, 0.25) is 0 Å². The summed E-state index contributed by atoms with van der Waals surface area (Å²) in [6.07, 6.45) is 0. The van der Waals surface area contributed by atoms with Crippen LogP contribution in [0.15, 0.2) is 54.6 Å². The second-order valence-electron chi connectivity index (χ2n) is 3.59. The molecule has 0 aliphatic rings. The molecule has 0 heterocycles. The Morgan fingerprint density at radius 3 is 2.18 bits per heavy atom. The summed E-state index contributed by atoms with van der Waals surface area (Å²) >= 11 is 0. The van der Waals surface area contributed by atoms with Crippen molar-refractivity contribution in [3.05, 3.63) is 65.7 Å². The zero-order chi connectivity index (χ0) is 12.1. The molecule has 0 N–H and O–H groups in total. The minimum atomic E-state index is -1.18. The molecule has 2 aromatic carbocycles. The number of carbonyl (C=O) groups excluding carboxylic acids is 1. The fourth-order valence-corrected chi connectivity index (χ4v) is 1.43. The molecule has 0 saturated heterocycles. The lowest BCUT2D eigenvalue weighted by Crippen LogP contribution is -1.97. The molecule has 17 heavy (non-hydrogen) atoms. The summed E-state index contributed by atoms with van der Waals surface area (Å²) in [5.74, 6) is -0.543. The minimum Gasteiger partial charge on any atom is -0.489 e. The Morgan fingerprint density at radius 1 is 0.941 bits per heavy atom. The number of hydrogen-bond donors (Lipinski definition) is 0. The van der Waals surface area contributed by atoms with E-state index in [9.17, 15) is 9.90 Å². The van der Waals surface area contributed by atoms with Gasteiger partial charge < -0.3 is 4.74 Å². The number of rotatable bonds is 4. The summed E-state index contributed by atoms with van der Waals surface area (Å²) in [5.41, 5.74) is 1.22. The maximum absolute atomic E-state index is 10.5. The molecule has 0 aromatic heterocycles. The van der Waals surface area contributed by atoms with Crippen molar-refractivity contribution in [3.63, 3.8) is 0 Å². The van der Waals surface area contributed by atoms with Crippen molar-refractivity contribution >= 4 is 5.97 Å². The van der Waals surface area contributed by atoms with Gasteiger partial charge in [-0.25, -0.2) is 9.90 Å². The van der Waals surface area contributed by atoms with E-state index in [-0.39, 0.29) is 5.56 Å². The van der Waals surface area contributed by atoms with Crippen LogP contribution in [0.1, 0.15) is 15.9 Å². The van der Waals surface area contributed by atoms with Gasteiger partial charge in [-0.05, 0) is 29.8 Å². The fourth-order valence-electron chi connectivity index (χ4n) is 1.43. The zero-order valence-electron chi connectivity index (χ0n) is 9.13. The van der Waals surface area contributed by atoms with Gasteiger partial charge in [-0.1, -0.05) is 30.3 Å². The van der Waals surface area contributed by atoms with Gasteiger partial charge in [0, 0.05) is 0 Å². The largest absolute Gasteiger partial charge is 0.489 e. The lowest BCUT2D eigenvalue weighted by Gasteiger charge is -2.05. The van der Waals surface area contributed by atoms with Gasteiger partial charge in [-0.2, -0.15) is 0 Å². The number of benzene rings is 2. The molecule has 0 spiro atoms. The first kappa shape index (κ1) is 11.2. The summed E-state index contributed by atoms with van der Waals surface area (Å²) in [5, 5.41) is 10.5. The van der Waals surface area contributed by atoms with Crippen LogP contribution in [-0.4, -0.2) is 5.97 Å². The van der Waals surface area contributed by atoms with Crippen molar-refractivity contribution in [1.29, 1.82) is 0 Å². The van der Waals surface area contributed by atoms with Gasteiger partial charge in [0.15, 0.2) is 0 Å². The molecule has 0 atom stereocenters. The van der Waals surface area contributed by atoms with E-state index in [2.05, 4.69) is 0 Å². The SMILES string of the molecule is [O]C(=O)c1ccc(OCc2ccccc2)cc1. The summed E-state index contributed by atoms with van der Waals surface area (Å²) < 4.78 is 5.51. The third-order valence-electron chi connectivity index (χ3n) is 2.34. The van der Waals surface area contributed by atoms with E-state index < -0.39 is 5.97 Å². The molecule has 0 saturated carbocycles. The van der Waals surface area contributed by atoms with E-state index in [1.165, 1.54) is 12.1 Å². The Hall–Kier alpha value is -2.29. The summed E-state index contributed by atoms with van der Waals surface area (Å²) in [4.78, 5) is 10.5. The van der Waals surface area contributed by atoms with Crippen LogP contribution < -0.4 is 4.74 Å². The van der Waals surface area contributed by atoms with Crippen LogP contribution in [0.5, 0.6) is 5.75 Å². The second-order valence-corrected chi connectivity index (χ2v) is 3.59. The predicted octanol–water partition coefficient (Wildman–Crippen LogP) is 2.84. The number of carbonyl (C=O) groups is 1. The van der Waals surface area contributed by atoms with E-state index in [1.54, 1.807) is 12.1 Å². The molecule has 0 unspecified atom stereocenters. The average Bonchev–Trinajstić information content (AvgIpc) is 2.38. The Kier molecular flexibility index (Phi) is 3.40. The summed E-state index contributed by atoms with van der Waals surface area (Å²) in [6, 6.07) is 15.9. The van der Waals surface area contributed by atoms with E-state index >= 15 is 0 Å². The Morgan fingerprint density at radius 2 is 1.59 bits per heavy atom. The van der Waals surface area contributed by atoms with Gasteiger partial charge >= 0.3 is 5.97 Å². The van der Waals surface area contributed by atoms with Crippen LogP contribution >= 0.6 is 0 Å². The maximum Gasteiger partial charge on any atom is 0.386 e. The first-order valence-electron chi connectivity index (χ1n) is 5.24. The van der Waals surface area contributed by atoms with Gasteiger partial charge in [0.2, 0.25) is 0 Å². The molecule has 0 fully saturated rings. The first-order chi connectivity index (χ1) is 8.25. The monoisotopic (exact) mass is 227 g/mol. The highest BCUT2D eigenvalue weighted by Crippen LogP contribution is 2.14. The van der Waals surface area contributed by atoms with Crippen molar-refractivity contribution < 1.29 is 14.6 Å². The lowest BCUT2D eigenvalue weighted by atomic mass is 10.2. The van der Waals surface area contributed by atoms with Crippen LogP contribution in [-0.2, 0) is 11.7 Å². The number of ether oxygens (including phenoxy) is 1. The Bertz CT molecular complexity index is 489. The van der Waals surface area contributed by atoms with Crippen LogP contribution in [0.25, 0.3) is 0 Å². The highest BCUT2D eigenvalue weighted by Gasteiger charge is 2.04. The fraction of sp³-hybridized carbons (Fsp3) is 0.0714. The van der Waals surface area contributed by atoms with E-state index in [4.69, 9.17) is 4.74 Å². The second kappa shape index (κ2) is 5.16. The smallest absolute Gasteiger partial charge is 0.386 e. The lowest BCUT2D eigenvalue weighted by molar-refractivity contribution is 0.0573. The van der Waals surface area contributed by atoms with Gasteiger partial charge in [-0.15, -0.1) is 0 Å². The van der Waals surface area contributed by atoms with Gasteiger partial charge in [0.1, 0.15) is 12.4 Å². The molecular formula is C14H11O3. The van der Waals surface area contributed by atoms with Crippen molar-refractivity contribution in [2.45, 2.75) is 6.61 Å². The minimum absolute atomic E-state index is 0.150. The normalized spacial score (nSPS) is 9.88. The standard InChI is InChI=1S/C14H11O3/c15-14(16)12-6-8-13(9-7-12)17-10-11-4-2-1-3-5-11/h1-9H,10H2. The van der Waals surface area contributed by atoms with Crippen LogP contribution in [0.4, 0.5) is 0 Å². The molecule has 3 heteroatoms. The third-order valence-corrected chi connectivity index (χ3v) is 2.34. The van der Waals surface area contributed by atoms with Crippen molar-refractivity contribution in [3.8, 4) is 5.75 Å². The van der Waals surface area contributed by atoms with Crippen LogP contribution in [0, 0.1) is 0 Å². The molecule has 0 aliphatic heterocycles. The van der Waals surface area contributed by atoms with Crippen LogP contribution in [0.3, 0.4) is 0 Å². The molecule has 85 valence electrons.